The maximum atomic E-state index is 6.09. The second kappa shape index (κ2) is 5.57. The Balaban J connectivity index is 2.05. The monoisotopic (exact) mass is 439 g/mol. The first-order valence-electron chi connectivity index (χ1n) is 6.00. The standard InChI is InChI=1S/C15H11BrIN3/c16-11-2-1-3-13(8-11)20-9-14(18)15(19-20)10-4-6-12(17)7-5-10/h1-9H,18H2. The van der Waals surface area contributed by atoms with Gasteiger partial charge < -0.3 is 5.73 Å². The molecule has 100 valence electrons. The maximum absolute atomic E-state index is 6.09. The SMILES string of the molecule is Nc1cn(-c2cccc(Br)c2)nc1-c1ccc(I)cc1. The Kier molecular flexibility index (Phi) is 3.80. The first kappa shape index (κ1) is 13.6. The Hall–Kier alpha value is -1.34. The minimum absolute atomic E-state index is 0.672. The number of halogens is 2. The van der Waals surface area contributed by atoms with Crippen LogP contribution in [-0.2, 0) is 0 Å². The maximum Gasteiger partial charge on any atom is 0.116 e. The largest absolute Gasteiger partial charge is 0.396 e. The van der Waals surface area contributed by atoms with E-state index in [-0.39, 0.29) is 0 Å². The molecule has 0 saturated heterocycles. The first-order chi connectivity index (χ1) is 9.63. The summed E-state index contributed by atoms with van der Waals surface area (Å²) in [6.45, 7) is 0. The smallest absolute Gasteiger partial charge is 0.116 e. The van der Waals surface area contributed by atoms with Crippen molar-refractivity contribution in [2.75, 3.05) is 5.73 Å². The molecule has 0 atom stereocenters. The zero-order chi connectivity index (χ0) is 14.1. The summed E-state index contributed by atoms with van der Waals surface area (Å²) >= 11 is 5.75. The van der Waals surface area contributed by atoms with E-state index in [1.807, 2.05) is 54.7 Å². The molecular weight excluding hydrogens is 429 g/mol. The van der Waals surface area contributed by atoms with Gasteiger partial charge in [0.15, 0.2) is 0 Å². The molecule has 5 heteroatoms. The number of benzene rings is 2. The lowest BCUT2D eigenvalue weighted by Crippen LogP contribution is -1.94. The fourth-order valence-electron chi connectivity index (χ4n) is 1.97. The number of nitrogen functional groups attached to an aromatic ring is 1. The molecule has 0 saturated carbocycles. The van der Waals surface area contributed by atoms with E-state index in [1.54, 1.807) is 4.68 Å². The Morgan fingerprint density at radius 1 is 1.10 bits per heavy atom. The van der Waals surface area contributed by atoms with E-state index in [2.05, 4.69) is 43.6 Å². The number of hydrogen-bond donors (Lipinski definition) is 1. The first-order valence-corrected chi connectivity index (χ1v) is 7.88. The molecule has 2 N–H and O–H groups in total. The molecule has 0 unspecified atom stereocenters. The van der Waals surface area contributed by atoms with Crippen LogP contribution in [0.25, 0.3) is 16.9 Å². The highest BCUT2D eigenvalue weighted by Crippen LogP contribution is 2.26. The topological polar surface area (TPSA) is 43.8 Å². The third kappa shape index (κ3) is 2.73. The van der Waals surface area contributed by atoms with Crippen molar-refractivity contribution < 1.29 is 0 Å². The van der Waals surface area contributed by atoms with Crippen molar-refractivity contribution in [3.05, 3.63) is 62.8 Å². The molecule has 3 aromatic rings. The van der Waals surface area contributed by atoms with Crippen LogP contribution in [0.2, 0.25) is 0 Å². The van der Waals surface area contributed by atoms with Gasteiger partial charge in [0.05, 0.1) is 17.6 Å². The van der Waals surface area contributed by atoms with Gasteiger partial charge in [-0.25, -0.2) is 4.68 Å². The summed E-state index contributed by atoms with van der Waals surface area (Å²) in [5.41, 5.74) is 9.57. The van der Waals surface area contributed by atoms with Crippen LogP contribution >= 0.6 is 38.5 Å². The quantitative estimate of drug-likeness (QED) is 0.598. The van der Waals surface area contributed by atoms with Crippen molar-refractivity contribution in [3.8, 4) is 16.9 Å². The van der Waals surface area contributed by atoms with E-state index in [1.165, 1.54) is 3.57 Å². The lowest BCUT2D eigenvalue weighted by Gasteiger charge is -2.01. The molecule has 0 bridgehead atoms. The van der Waals surface area contributed by atoms with Gasteiger partial charge in [-0.15, -0.1) is 0 Å². The van der Waals surface area contributed by atoms with Crippen LogP contribution in [0.15, 0.2) is 59.2 Å². The van der Waals surface area contributed by atoms with Gasteiger partial charge in [-0.05, 0) is 52.9 Å². The zero-order valence-corrected chi connectivity index (χ0v) is 14.2. The van der Waals surface area contributed by atoms with Crippen molar-refractivity contribution in [3.63, 3.8) is 0 Å². The van der Waals surface area contributed by atoms with Gasteiger partial charge >= 0.3 is 0 Å². The molecule has 0 aliphatic carbocycles. The lowest BCUT2D eigenvalue weighted by atomic mass is 10.1. The van der Waals surface area contributed by atoms with Crippen molar-refractivity contribution in [1.29, 1.82) is 0 Å². The van der Waals surface area contributed by atoms with Crippen LogP contribution in [0.5, 0.6) is 0 Å². The van der Waals surface area contributed by atoms with Crippen LogP contribution in [0, 0.1) is 3.57 Å². The predicted molar refractivity (Wildman–Crippen MR) is 93.8 cm³/mol. The molecule has 20 heavy (non-hydrogen) atoms. The predicted octanol–water partition coefficient (Wildman–Crippen LogP) is 4.49. The average molecular weight is 440 g/mol. The molecule has 0 spiro atoms. The van der Waals surface area contributed by atoms with Crippen LogP contribution < -0.4 is 5.73 Å². The summed E-state index contributed by atoms with van der Waals surface area (Å²) in [5, 5.41) is 4.59. The van der Waals surface area contributed by atoms with Gasteiger partial charge in [0.1, 0.15) is 5.69 Å². The molecule has 0 fully saturated rings. The molecule has 1 aromatic heterocycles. The van der Waals surface area contributed by atoms with E-state index in [0.717, 1.165) is 21.4 Å². The third-order valence-electron chi connectivity index (χ3n) is 2.93. The Morgan fingerprint density at radius 3 is 2.55 bits per heavy atom. The van der Waals surface area contributed by atoms with Crippen molar-refractivity contribution in [2.24, 2.45) is 0 Å². The van der Waals surface area contributed by atoms with E-state index in [9.17, 15) is 0 Å². The van der Waals surface area contributed by atoms with Gasteiger partial charge in [0.2, 0.25) is 0 Å². The second-order valence-corrected chi connectivity index (χ2v) is 6.53. The second-order valence-electron chi connectivity index (χ2n) is 4.36. The van der Waals surface area contributed by atoms with Crippen LogP contribution in [0.4, 0.5) is 5.69 Å². The number of hydrogen-bond acceptors (Lipinski definition) is 2. The minimum Gasteiger partial charge on any atom is -0.396 e. The fourth-order valence-corrected chi connectivity index (χ4v) is 2.72. The van der Waals surface area contributed by atoms with Crippen LogP contribution in [-0.4, -0.2) is 9.78 Å². The molecular formula is C15H11BrIN3. The summed E-state index contributed by atoms with van der Waals surface area (Å²) < 4.78 is 4.00. The van der Waals surface area contributed by atoms with E-state index in [0.29, 0.717) is 5.69 Å². The van der Waals surface area contributed by atoms with Gasteiger partial charge in [0.25, 0.3) is 0 Å². The minimum atomic E-state index is 0.672. The van der Waals surface area contributed by atoms with Crippen molar-refractivity contribution in [1.82, 2.24) is 9.78 Å². The molecule has 3 rings (SSSR count). The normalized spacial score (nSPS) is 10.7. The summed E-state index contributed by atoms with van der Waals surface area (Å²) in [5.74, 6) is 0. The van der Waals surface area contributed by atoms with E-state index >= 15 is 0 Å². The number of anilines is 1. The summed E-state index contributed by atoms with van der Waals surface area (Å²) in [4.78, 5) is 0. The summed E-state index contributed by atoms with van der Waals surface area (Å²) in [7, 11) is 0. The molecule has 0 amide bonds. The lowest BCUT2D eigenvalue weighted by molar-refractivity contribution is 0.884. The van der Waals surface area contributed by atoms with Gasteiger partial charge in [0, 0.05) is 13.6 Å². The molecule has 2 aromatic carbocycles. The van der Waals surface area contributed by atoms with E-state index < -0.39 is 0 Å². The van der Waals surface area contributed by atoms with E-state index in [4.69, 9.17) is 5.73 Å². The number of aromatic nitrogens is 2. The summed E-state index contributed by atoms with van der Waals surface area (Å²) in [6.07, 6.45) is 1.84. The number of nitrogens with two attached hydrogens (primary N) is 1. The Bertz CT molecular complexity index is 750. The summed E-state index contributed by atoms with van der Waals surface area (Å²) in [6, 6.07) is 16.1. The highest BCUT2D eigenvalue weighted by Gasteiger charge is 2.09. The molecule has 0 aliphatic rings. The van der Waals surface area contributed by atoms with Gasteiger partial charge in [-0.3, -0.25) is 0 Å². The fraction of sp³-hybridized carbons (Fsp3) is 0. The average Bonchev–Trinajstić information content (AvgIpc) is 2.82. The van der Waals surface area contributed by atoms with Gasteiger partial charge in [-0.2, -0.15) is 5.10 Å². The number of nitrogens with zero attached hydrogens (tertiary/aromatic N) is 2. The molecule has 3 nitrogen and oxygen atoms in total. The molecule has 1 heterocycles. The van der Waals surface area contributed by atoms with Crippen LogP contribution in [0.1, 0.15) is 0 Å². The number of rotatable bonds is 2. The molecule has 0 radical (unpaired) electrons. The van der Waals surface area contributed by atoms with Gasteiger partial charge in [-0.1, -0.05) is 34.1 Å². The van der Waals surface area contributed by atoms with Crippen molar-refractivity contribution >= 4 is 44.2 Å². The highest BCUT2D eigenvalue weighted by atomic mass is 127. The third-order valence-corrected chi connectivity index (χ3v) is 4.15. The van der Waals surface area contributed by atoms with Crippen molar-refractivity contribution in [2.45, 2.75) is 0 Å². The Labute approximate surface area is 139 Å². The molecule has 0 aliphatic heterocycles. The highest BCUT2D eigenvalue weighted by molar-refractivity contribution is 14.1. The Morgan fingerprint density at radius 2 is 1.85 bits per heavy atom. The van der Waals surface area contributed by atoms with Crippen LogP contribution in [0.3, 0.4) is 0 Å². The zero-order valence-electron chi connectivity index (χ0n) is 10.4.